The van der Waals surface area contributed by atoms with E-state index in [2.05, 4.69) is 32.5 Å². The molecule has 2 heterocycles. The van der Waals surface area contributed by atoms with E-state index in [0.717, 1.165) is 11.3 Å². The van der Waals surface area contributed by atoms with E-state index < -0.39 is 0 Å². The van der Waals surface area contributed by atoms with Gasteiger partial charge >= 0.3 is 0 Å². The van der Waals surface area contributed by atoms with Gasteiger partial charge in [-0.3, -0.25) is 9.48 Å². The van der Waals surface area contributed by atoms with Crippen molar-refractivity contribution in [1.29, 1.82) is 0 Å². The zero-order chi connectivity index (χ0) is 17.9. The maximum Gasteiger partial charge on any atom is 0.258 e. The van der Waals surface area contributed by atoms with Crippen molar-refractivity contribution < 1.29 is 0 Å². The van der Waals surface area contributed by atoms with Gasteiger partial charge in [-0.2, -0.15) is 5.10 Å². The number of aromatic nitrogens is 4. The van der Waals surface area contributed by atoms with E-state index >= 15 is 0 Å². The number of nitrogens with one attached hydrogen (secondary N) is 2. The molecular weight excluding hydrogens is 326 g/mol. The van der Waals surface area contributed by atoms with Crippen LogP contribution in [0.5, 0.6) is 0 Å². The highest BCUT2D eigenvalue weighted by molar-refractivity contribution is 5.77. The lowest BCUT2D eigenvalue weighted by Crippen LogP contribution is -2.17. The van der Waals surface area contributed by atoms with Crippen LogP contribution in [0.4, 0.5) is 5.69 Å². The van der Waals surface area contributed by atoms with Gasteiger partial charge in [0.05, 0.1) is 23.5 Å². The topological polar surface area (TPSA) is 75.6 Å². The third kappa shape index (κ3) is 3.35. The molecule has 6 heteroatoms. The third-order valence-corrected chi connectivity index (χ3v) is 4.26. The summed E-state index contributed by atoms with van der Waals surface area (Å²) >= 11 is 0. The average Bonchev–Trinajstić information content (AvgIpc) is 3.15. The Hall–Kier alpha value is -3.41. The van der Waals surface area contributed by atoms with E-state index in [9.17, 15) is 4.79 Å². The number of aromatic amines is 1. The van der Waals surface area contributed by atoms with Crippen LogP contribution in [0, 0.1) is 0 Å². The van der Waals surface area contributed by atoms with Crippen molar-refractivity contribution >= 4 is 16.6 Å². The summed E-state index contributed by atoms with van der Waals surface area (Å²) in [6.07, 6.45) is 3.71. The van der Waals surface area contributed by atoms with E-state index in [1.807, 2.05) is 54.2 Å². The molecule has 2 N–H and O–H groups in total. The van der Waals surface area contributed by atoms with Gasteiger partial charge < -0.3 is 10.3 Å². The molecule has 0 aliphatic heterocycles. The molecule has 0 saturated carbocycles. The van der Waals surface area contributed by atoms with Crippen LogP contribution in [0.2, 0.25) is 0 Å². The van der Waals surface area contributed by atoms with Crippen LogP contribution < -0.4 is 10.9 Å². The minimum absolute atomic E-state index is 0.119. The summed E-state index contributed by atoms with van der Waals surface area (Å²) in [5, 5.41) is 8.24. The predicted molar refractivity (Wildman–Crippen MR) is 102 cm³/mol. The molecule has 0 spiro atoms. The number of hydrogen-bond acceptors (Lipinski definition) is 4. The lowest BCUT2D eigenvalue weighted by Gasteiger charge is -2.16. The number of rotatable bonds is 5. The largest absolute Gasteiger partial charge is 0.375 e. The summed E-state index contributed by atoms with van der Waals surface area (Å²) in [5.74, 6) is 0.617. The fourth-order valence-electron chi connectivity index (χ4n) is 2.97. The van der Waals surface area contributed by atoms with Crippen LogP contribution in [0.1, 0.15) is 24.4 Å². The molecule has 0 amide bonds. The van der Waals surface area contributed by atoms with Gasteiger partial charge in [-0.1, -0.05) is 24.3 Å². The minimum atomic E-state index is -0.132. The van der Waals surface area contributed by atoms with Gasteiger partial charge in [0.15, 0.2) is 0 Å². The van der Waals surface area contributed by atoms with Crippen molar-refractivity contribution in [3.63, 3.8) is 0 Å². The number of nitrogens with zero attached hydrogens (tertiary/aromatic N) is 3. The molecule has 1 unspecified atom stereocenters. The highest BCUT2D eigenvalue weighted by Crippen LogP contribution is 2.19. The molecule has 0 aliphatic carbocycles. The first-order valence-corrected chi connectivity index (χ1v) is 8.51. The first-order valence-electron chi connectivity index (χ1n) is 8.51. The zero-order valence-corrected chi connectivity index (χ0v) is 14.4. The maximum absolute atomic E-state index is 12.3. The maximum atomic E-state index is 12.3. The van der Waals surface area contributed by atoms with Crippen LogP contribution in [0.15, 0.2) is 71.8 Å². The summed E-state index contributed by atoms with van der Waals surface area (Å²) in [7, 11) is 0. The highest BCUT2D eigenvalue weighted by atomic mass is 16.1. The molecule has 0 saturated heterocycles. The van der Waals surface area contributed by atoms with Gasteiger partial charge in [0.2, 0.25) is 0 Å². The Balaban J connectivity index is 1.56. The molecule has 0 aliphatic rings. The summed E-state index contributed by atoms with van der Waals surface area (Å²) < 4.78 is 1.88. The summed E-state index contributed by atoms with van der Waals surface area (Å²) in [6, 6.07) is 17.3. The quantitative estimate of drug-likeness (QED) is 0.582. The first-order chi connectivity index (χ1) is 12.7. The Morgan fingerprint density at radius 1 is 1.15 bits per heavy atom. The van der Waals surface area contributed by atoms with Gasteiger partial charge in [0.1, 0.15) is 5.82 Å². The SMILES string of the molecule is CC(Nc1cccc(Cn2cccn2)c1)c1nc2ccccc2c(=O)[nH]1. The van der Waals surface area contributed by atoms with E-state index in [1.54, 1.807) is 12.3 Å². The fraction of sp³-hybridized carbons (Fsp3) is 0.150. The molecule has 4 rings (SSSR count). The second-order valence-electron chi connectivity index (χ2n) is 6.24. The van der Waals surface area contributed by atoms with Crippen LogP contribution in [-0.4, -0.2) is 19.7 Å². The van der Waals surface area contributed by atoms with E-state index in [4.69, 9.17) is 0 Å². The van der Waals surface area contributed by atoms with Crippen molar-refractivity contribution in [2.24, 2.45) is 0 Å². The second-order valence-corrected chi connectivity index (χ2v) is 6.24. The van der Waals surface area contributed by atoms with Crippen LogP contribution in [0.3, 0.4) is 0 Å². The molecule has 1 atom stereocenters. The molecule has 2 aromatic carbocycles. The first kappa shape index (κ1) is 16.1. The number of hydrogen-bond donors (Lipinski definition) is 2. The zero-order valence-electron chi connectivity index (χ0n) is 14.4. The van der Waals surface area contributed by atoms with Gasteiger partial charge in [-0.25, -0.2) is 4.98 Å². The van der Waals surface area contributed by atoms with Crippen molar-refractivity contribution in [2.75, 3.05) is 5.32 Å². The van der Waals surface area contributed by atoms with Gasteiger partial charge in [0, 0.05) is 18.1 Å². The monoisotopic (exact) mass is 345 g/mol. The second kappa shape index (κ2) is 6.84. The lowest BCUT2D eigenvalue weighted by molar-refractivity contribution is 0.686. The van der Waals surface area contributed by atoms with Crippen LogP contribution >= 0.6 is 0 Å². The predicted octanol–water partition coefficient (Wildman–Crippen LogP) is 3.34. The van der Waals surface area contributed by atoms with Crippen LogP contribution in [0.25, 0.3) is 10.9 Å². The number of fused-ring (bicyclic) bond motifs is 1. The molecule has 6 nitrogen and oxygen atoms in total. The van der Waals surface area contributed by atoms with Gasteiger partial charge in [-0.15, -0.1) is 0 Å². The molecule has 130 valence electrons. The number of para-hydroxylation sites is 1. The molecule has 0 bridgehead atoms. The van der Waals surface area contributed by atoms with Gasteiger partial charge in [0.25, 0.3) is 5.56 Å². The summed E-state index contributed by atoms with van der Waals surface area (Å²) in [4.78, 5) is 19.7. The Labute approximate surface area is 150 Å². The third-order valence-electron chi connectivity index (χ3n) is 4.26. The molecule has 0 fully saturated rings. The normalized spacial score (nSPS) is 12.2. The highest BCUT2D eigenvalue weighted by Gasteiger charge is 2.11. The smallest absolute Gasteiger partial charge is 0.258 e. The van der Waals surface area contributed by atoms with E-state index in [0.29, 0.717) is 23.3 Å². The van der Waals surface area contributed by atoms with Crippen molar-refractivity contribution in [2.45, 2.75) is 19.5 Å². The summed E-state index contributed by atoms with van der Waals surface area (Å²) in [5.41, 5.74) is 2.70. The number of benzene rings is 2. The van der Waals surface area contributed by atoms with E-state index in [1.165, 1.54) is 0 Å². The average molecular weight is 345 g/mol. The Morgan fingerprint density at radius 2 is 2.04 bits per heavy atom. The fourth-order valence-corrected chi connectivity index (χ4v) is 2.97. The Kier molecular flexibility index (Phi) is 4.23. The lowest BCUT2D eigenvalue weighted by atomic mass is 10.1. The van der Waals surface area contributed by atoms with Crippen molar-refractivity contribution in [1.82, 2.24) is 19.7 Å². The molecule has 0 radical (unpaired) electrons. The standard InChI is InChI=1S/C20H19N5O/c1-14(19-23-18-9-3-2-8-17(18)20(26)24-19)22-16-7-4-6-15(12-16)13-25-11-5-10-21-25/h2-12,14,22H,13H2,1H3,(H,23,24,26). The molecule has 2 aromatic heterocycles. The molecule has 26 heavy (non-hydrogen) atoms. The number of anilines is 1. The number of H-pyrrole nitrogens is 1. The van der Waals surface area contributed by atoms with E-state index in [-0.39, 0.29) is 11.6 Å². The minimum Gasteiger partial charge on any atom is -0.375 e. The molecule has 4 aromatic rings. The Bertz CT molecular complexity index is 1080. The van der Waals surface area contributed by atoms with Crippen molar-refractivity contribution in [3.05, 3.63) is 88.7 Å². The summed E-state index contributed by atoms with van der Waals surface area (Å²) in [6.45, 7) is 2.69. The van der Waals surface area contributed by atoms with Crippen LogP contribution in [-0.2, 0) is 6.54 Å². The van der Waals surface area contributed by atoms with Crippen molar-refractivity contribution in [3.8, 4) is 0 Å². The van der Waals surface area contributed by atoms with Gasteiger partial charge in [-0.05, 0) is 42.8 Å². The Morgan fingerprint density at radius 3 is 2.88 bits per heavy atom. The molecular formula is C20H19N5O.